The summed E-state index contributed by atoms with van der Waals surface area (Å²) < 4.78 is 5.64. The SMILES string of the molecule is COc1cc2c(cc1Nc1ncnc3sc4c(c13)CCC(C(=O)N(C)C1CC1)C4)C=NC2. The maximum Gasteiger partial charge on any atom is 0.226 e. The standard InChI is InChI=1S/C24H25N5O2S/c1-29(16-4-5-16)24(30)13-3-6-17-20(9-13)32-23-21(17)22(26-12-27-23)28-18-7-14-10-25-11-15(14)8-19(18)31-2/h7-8,10,12-13,16H,3-6,9,11H2,1-2H3,(H,26,27,28). The van der Waals surface area contributed by atoms with Gasteiger partial charge in [0.1, 0.15) is 22.7 Å². The van der Waals surface area contributed by atoms with Gasteiger partial charge in [0.25, 0.3) is 0 Å². The van der Waals surface area contributed by atoms with Crippen LogP contribution >= 0.6 is 11.3 Å². The van der Waals surface area contributed by atoms with Gasteiger partial charge in [0, 0.05) is 30.1 Å². The van der Waals surface area contributed by atoms with Crippen molar-refractivity contribution in [2.24, 2.45) is 10.9 Å². The zero-order valence-electron chi connectivity index (χ0n) is 18.2. The minimum absolute atomic E-state index is 0.0709. The van der Waals surface area contributed by atoms with E-state index < -0.39 is 0 Å². The van der Waals surface area contributed by atoms with Crippen molar-refractivity contribution >= 4 is 45.2 Å². The van der Waals surface area contributed by atoms with Gasteiger partial charge in [-0.25, -0.2) is 9.97 Å². The third-order valence-electron chi connectivity index (χ3n) is 6.84. The number of amides is 1. The fraction of sp³-hybridized carbons (Fsp3) is 0.417. The van der Waals surface area contributed by atoms with Crippen molar-refractivity contribution in [2.75, 3.05) is 19.5 Å². The van der Waals surface area contributed by atoms with Crippen molar-refractivity contribution in [3.8, 4) is 5.75 Å². The summed E-state index contributed by atoms with van der Waals surface area (Å²) in [6.45, 7) is 0.692. The summed E-state index contributed by atoms with van der Waals surface area (Å²) in [7, 11) is 3.64. The molecule has 1 unspecified atom stereocenters. The van der Waals surface area contributed by atoms with Crippen LogP contribution in [0.2, 0.25) is 0 Å². The molecular formula is C24H25N5O2S. The summed E-state index contributed by atoms with van der Waals surface area (Å²) >= 11 is 1.70. The highest BCUT2D eigenvalue weighted by Gasteiger charge is 2.36. The topological polar surface area (TPSA) is 79.7 Å². The third-order valence-corrected chi connectivity index (χ3v) is 8.01. The predicted molar refractivity (Wildman–Crippen MR) is 126 cm³/mol. The lowest BCUT2D eigenvalue weighted by atomic mass is 9.87. The first kappa shape index (κ1) is 19.7. The van der Waals surface area contributed by atoms with Gasteiger partial charge in [-0.3, -0.25) is 9.79 Å². The molecule has 0 bridgehead atoms. The number of aryl methyl sites for hydroxylation is 1. The Morgan fingerprint density at radius 1 is 1.25 bits per heavy atom. The van der Waals surface area contributed by atoms with Crippen LogP contribution < -0.4 is 10.1 Å². The Morgan fingerprint density at radius 3 is 2.94 bits per heavy atom. The Hall–Kier alpha value is -3.00. The number of aliphatic imine (C=N–C) groups is 1. The van der Waals surface area contributed by atoms with Crippen LogP contribution in [0.25, 0.3) is 10.2 Å². The zero-order valence-corrected chi connectivity index (χ0v) is 19.0. The van der Waals surface area contributed by atoms with Gasteiger partial charge < -0.3 is 15.0 Å². The smallest absolute Gasteiger partial charge is 0.226 e. The van der Waals surface area contributed by atoms with E-state index in [1.165, 1.54) is 16.0 Å². The molecule has 164 valence electrons. The van der Waals surface area contributed by atoms with E-state index in [0.717, 1.165) is 65.1 Å². The van der Waals surface area contributed by atoms with Crippen molar-refractivity contribution in [1.82, 2.24) is 14.9 Å². The molecule has 7 nitrogen and oxygen atoms in total. The van der Waals surface area contributed by atoms with E-state index in [9.17, 15) is 4.79 Å². The number of thiophene rings is 1. The lowest BCUT2D eigenvalue weighted by molar-refractivity contribution is -0.135. The number of benzene rings is 1. The van der Waals surface area contributed by atoms with E-state index in [0.29, 0.717) is 18.5 Å². The van der Waals surface area contributed by atoms with Crippen LogP contribution in [-0.2, 0) is 24.2 Å². The van der Waals surface area contributed by atoms with E-state index in [1.807, 2.05) is 24.2 Å². The summed E-state index contributed by atoms with van der Waals surface area (Å²) in [5.74, 6) is 1.94. The van der Waals surface area contributed by atoms with Crippen molar-refractivity contribution < 1.29 is 9.53 Å². The van der Waals surface area contributed by atoms with Gasteiger partial charge in [-0.05, 0) is 60.9 Å². The maximum absolute atomic E-state index is 12.9. The Kier molecular flexibility index (Phi) is 4.64. The number of ether oxygens (including phenoxy) is 1. The Labute approximate surface area is 190 Å². The summed E-state index contributed by atoms with van der Waals surface area (Å²) in [5.41, 5.74) is 4.43. The zero-order chi connectivity index (χ0) is 21.8. The number of aromatic nitrogens is 2. The number of carbonyl (C=O) groups is 1. The Bertz CT molecular complexity index is 1260. The molecule has 6 rings (SSSR count). The maximum atomic E-state index is 12.9. The lowest BCUT2D eigenvalue weighted by Gasteiger charge is -2.26. The summed E-state index contributed by atoms with van der Waals surface area (Å²) in [6, 6.07) is 4.57. The summed E-state index contributed by atoms with van der Waals surface area (Å²) in [6.07, 6.45) is 8.35. The van der Waals surface area contributed by atoms with Crippen molar-refractivity contribution in [3.63, 3.8) is 0 Å². The van der Waals surface area contributed by atoms with Gasteiger partial charge >= 0.3 is 0 Å². The summed E-state index contributed by atoms with van der Waals surface area (Å²) in [4.78, 5) is 30.6. The number of fused-ring (bicyclic) bond motifs is 4. The molecule has 0 saturated heterocycles. The first-order valence-corrected chi connectivity index (χ1v) is 11.9. The molecule has 0 radical (unpaired) electrons. The minimum atomic E-state index is 0.0709. The number of anilines is 2. The molecule has 1 aliphatic heterocycles. The highest BCUT2D eigenvalue weighted by Crippen LogP contribution is 2.42. The van der Waals surface area contributed by atoms with E-state index in [2.05, 4.69) is 26.3 Å². The lowest BCUT2D eigenvalue weighted by Crippen LogP contribution is -2.36. The molecule has 3 heterocycles. The van der Waals surface area contributed by atoms with Crippen LogP contribution in [0.5, 0.6) is 5.75 Å². The first-order valence-electron chi connectivity index (χ1n) is 11.1. The predicted octanol–water partition coefficient (Wildman–Crippen LogP) is 4.10. The Balaban J connectivity index is 1.33. The average Bonchev–Trinajstić information content (AvgIpc) is 3.44. The summed E-state index contributed by atoms with van der Waals surface area (Å²) in [5, 5.41) is 4.58. The largest absolute Gasteiger partial charge is 0.495 e. The number of nitrogens with one attached hydrogen (secondary N) is 1. The number of rotatable bonds is 5. The highest BCUT2D eigenvalue weighted by atomic mass is 32.1. The fourth-order valence-corrected chi connectivity index (χ4v) is 6.14. The Morgan fingerprint density at radius 2 is 2.12 bits per heavy atom. The third kappa shape index (κ3) is 3.24. The van der Waals surface area contributed by atoms with Gasteiger partial charge in [0.05, 0.1) is 24.7 Å². The minimum Gasteiger partial charge on any atom is -0.495 e. The van der Waals surface area contributed by atoms with E-state index in [1.54, 1.807) is 24.8 Å². The molecule has 1 N–H and O–H groups in total. The molecule has 1 saturated carbocycles. The number of nitrogens with zero attached hydrogens (tertiary/aromatic N) is 4. The van der Waals surface area contributed by atoms with E-state index in [-0.39, 0.29) is 5.92 Å². The van der Waals surface area contributed by atoms with Crippen molar-refractivity contribution in [3.05, 3.63) is 40.0 Å². The molecule has 3 aliphatic rings. The molecule has 2 aromatic heterocycles. The molecule has 1 aromatic carbocycles. The van der Waals surface area contributed by atoms with Gasteiger partial charge in [-0.2, -0.15) is 0 Å². The number of hydrogen-bond acceptors (Lipinski definition) is 7. The quantitative estimate of drug-likeness (QED) is 0.637. The molecule has 1 fully saturated rings. The van der Waals surface area contributed by atoms with Crippen LogP contribution in [0.4, 0.5) is 11.5 Å². The van der Waals surface area contributed by atoms with Crippen LogP contribution in [-0.4, -0.2) is 47.2 Å². The molecule has 8 heteroatoms. The van der Waals surface area contributed by atoms with Crippen molar-refractivity contribution in [1.29, 1.82) is 0 Å². The van der Waals surface area contributed by atoms with Crippen molar-refractivity contribution in [2.45, 2.75) is 44.7 Å². The fourth-order valence-electron chi connectivity index (χ4n) is 4.88. The monoisotopic (exact) mass is 447 g/mol. The average molecular weight is 448 g/mol. The molecule has 1 amide bonds. The van der Waals surface area contributed by atoms with E-state index >= 15 is 0 Å². The van der Waals surface area contributed by atoms with Crippen LogP contribution in [0.1, 0.15) is 40.8 Å². The van der Waals surface area contributed by atoms with Gasteiger partial charge in [0.2, 0.25) is 5.91 Å². The number of hydrogen-bond donors (Lipinski definition) is 1. The van der Waals surface area contributed by atoms with E-state index in [4.69, 9.17) is 4.74 Å². The second-order valence-electron chi connectivity index (χ2n) is 8.87. The second kappa shape index (κ2) is 7.55. The van der Waals surface area contributed by atoms with Crippen LogP contribution in [0.3, 0.4) is 0 Å². The van der Waals surface area contributed by atoms with Crippen LogP contribution in [0, 0.1) is 5.92 Å². The number of carbonyl (C=O) groups excluding carboxylic acids is 1. The van der Waals surface area contributed by atoms with Crippen LogP contribution in [0.15, 0.2) is 23.5 Å². The highest BCUT2D eigenvalue weighted by molar-refractivity contribution is 7.19. The number of methoxy groups -OCH3 is 1. The van der Waals surface area contributed by atoms with Gasteiger partial charge in [-0.15, -0.1) is 11.3 Å². The van der Waals surface area contributed by atoms with Gasteiger partial charge in [0.15, 0.2) is 0 Å². The normalized spacial score (nSPS) is 19.0. The molecule has 1 atom stereocenters. The first-order chi connectivity index (χ1) is 15.6. The molecule has 2 aliphatic carbocycles. The second-order valence-corrected chi connectivity index (χ2v) is 9.96. The molecule has 3 aromatic rings. The molecule has 0 spiro atoms. The molecule has 32 heavy (non-hydrogen) atoms. The molecular weight excluding hydrogens is 422 g/mol. The van der Waals surface area contributed by atoms with Gasteiger partial charge in [-0.1, -0.05) is 0 Å².